The van der Waals surface area contributed by atoms with Crippen molar-refractivity contribution in [2.24, 2.45) is 0 Å². The molecular weight excluding hydrogens is 252 g/mol. The molecule has 1 saturated heterocycles. The van der Waals surface area contributed by atoms with Crippen LogP contribution in [0.1, 0.15) is 25.5 Å². The Labute approximate surface area is 110 Å². The van der Waals surface area contributed by atoms with Crippen molar-refractivity contribution >= 4 is 11.6 Å². The Morgan fingerprint density at radius 3 is 2.72 bits per heavy atom. The third-order valence-electron chi connectivity index (χ3n) is 3.01. The van der Waals surface area contributed by atoms with Gasteiger partial charge in [-0.2, -0.15) is 5.10 Å². The quantitative estimate of drug-likeness (QED) is 0.783. The van der Waals surface area contributed by atoms with Crippen LogP contribution in [0.4, 0.5) is 0 Å². The summed E-state index contributed by atoms with van der Waals surface area (Å²) in [6.07, 6.45) is 10.5. The smallest absolute Gasteiger partial charge is 0.222 e. The summed E-state index contributed by atoms with van der Waals surface area (Å²) in [5.41, 5.74) is 1.88. The van der Waals surface area contributed by atoms with E-state index >= 15 is 0 Å². The van der Waals surface area contributed by atoms with Crippen molar-refractivity contribution in [3.8, 4) is 11.1 Å². The topological polar surface area (TPSA) is 52.8 Å². The number of rotatable bonds is 2. The van der Waals surface area contributed by atoms with E-state index in [-0.39, 0.29) is 11.5 Å². The molecule has 1 unspecified atom stereocenters. The molecule has 0 saturated carbocycles. The van der Waals surface area contributed by atoms with Gasteiger partial charge in [-0.3, -0.25) is 0 Å². The molecule has 0 N–H and O–H groups in total. The average Bonchev–Trinajstić information content (AvgIpc) is 2.90. The van der Waals surface area contributed by atoms with E-state index in [0.717, 1.165) is 30.6 Å². The predicted octanol–water partition coefficient (Wildman–Crippen LogP) is 2.69. The standard InChI is InChI=1S/C12H13ClN4O/c13-12-14-5-9(6-15-12)10-7-16-17(8-10)11-3-1-2-4-18-11/h5-8,11H,1-4H2. The molecule has 3 heterocycles. The lowest BCUT2D eigenvalue weighted by Crippen LogP contribution is -2.18. The number of nitrogens with zero attached hydrogens (tertiary/aromatic N) is 4. The van der Waals surface area contributed by atoms with Gasteiger partial charge in [0.15, 0.2) is 0 Å². The molecule has 0 amide bonds. The monoisotopic (exact) mass is 264 g/mol. The van der Waals surface area contributed by atoms with Gasteiger partial charge in [0.2, 0.25) is 5.28 Å². The van der Waals surface area contributed by atoms with Gasteiger partial charge in [0.1, 0.15) is 6.23 Å². The Morgan fingerprint density at radius 2 is 2.00 bits per heavy atom. The SMILES string of the molecule is Clc1ncc(-c2cnn(C3CCCCO3)c2)cn1. The summed E-state index contributed by atoms with van der Waals surface area (Å²) in [5.74, 6) is 0. The summed E-state index contributed by atoms with van der Waals surface area (Å²) in [7, 11) is 0. The summed E-state index contributed by atoms with van der Waals surface area (Å²) in [4.78, 5) is 7.93. The van der Waals surface area contributed by atoms with Crippen molar-refractivity contribution in [3.63, 3.8) is 0 Å². The van der Waals surface area contributed by atoms with E-state index < -0.39 is 0 Å². The van der Waals surface area contributed by atoms with Crippen molar-refractivity contribution in [1.29, 1.82) is 0 Å². The van der Waals surface area contributed by atoms with Gasteiger partial charge in [-0.1, -0.05) is 0 Å². The van der Waals surface area contributed by atoms with Crippen LogP contribution in [0.2, 0.25) is 5.28 Å². The van der Waals surface area contributed by atoms with E-state index in [1.165, 1.54) is 6.42 Å². The van der Waals surface area contributed by atoms with Gasteiger partial charge >= 0.3 is 0 Å². The molecule has 0 aliphatic carbocycles. The van der Waals surface area contributed by atoms with Crippen molar-refractivity contribution in [1.82, 2.24) is 19.7 Å². The number of ether oxygens (including phenoxy) is 1. The second kappa shape index (κ2) is 5.04. The molecule has 0 spiro atoms. The Balaban J connectivity index is 1.82. The van der Waals surface area contributed by atoms with Gasteiger partial charge < -0.3 is 4.74 Å². The zero-order valence-electron chi connectivity index (χ0n) is 9.79. The van der Waals surface area contributed by atoms with E-state index in [1.54, 1.807) is 18.6 Å². The van der Waals surface area contributed by atoms with Gasteiger partial charge in [0, 0.05) is 36.3 Å². The van der Waals surface area contributed by atoms with Crippen LogP contribution in [0.15, 0.2) is 24.8 Å². The van der Waals surface area contributed by atoms with Crippen LogP contribution in [-0.2, 0) is 4.74 Å². The predicted molar refractivity (Wildman–Crippen MR) is 67.1 cm³/mol. The summed E-state index contributed by atoms with van der Waals surface area (Å²) in [5, 5.41) is 4.59. The summed E-state index contributed by atoms with van der Waals surface area (Å²) >= 11 is 5.66. The Hall–Kier alpha value is -1.46. The van der Waals surface area contributed by atoms with Crippen LogP contribution in [-0.4, -0.2) is 26.4 Å². The zero-order valence-corrected chi connectivity index (χ0v) is 10.5. The maximum atomic E-state index is 5.68. The lowest BCUT2D eigenvalue weighted by molar-refractivity contribution is -0.0394. The van der Waals surface area contributed by atoms with Gasteiger partial charge in [0.25, 0.3) is 0 Å². The normalized spacial score (nSPS) is 19.9. The maximum Gasteiger partial charge on any atom is 0.222 e. The highest BCUT2D eigenvalue weighted by molar-refractivity contribution is 6.28. The molecule has 1 aliphatic rings. The van der Waals surface area contributed by atoms with Crippen LogP contribution in [0, 0.1) is 0 Å². The highest BCUT2D eigenvalue weighted by Crippen LogP contribution is 2.24. The van der Waals surface area contributed by atoms with Crippen molar-refractivity contribution < 1.29 is 4.74 Å². The first kappa shape index (κ1) is 11.6. The minimum absolute atomic E-state index is 0.0562. The highest BCUT2D eigenvalue weighted by Gasteiger charge is 2.16. The fourth-order valence-corrected chi connectivity index (χ4v) is 2.14. The van der Waals surface area contributed by atoms with Crippen LogP contribution < -0.4 is 0 Å². The van der Waals surface area contributed by atoms with Crippen molar-refractivity contribution in [2.45, 2.75) is 25.5 Å². The largest absolute Gasteiger partial charge is 0.357 e. The molecule has 0 radical (unpaired) electrons. The van der Waals surface area contributed by atoms with Crippen LogP contribution >= 0.6 is 11.6 Å². The van der Waals surface area contributed by atoms with Gasteiger partial charge in [-0.25, -0.2) is 14.6 Å². The molecule has 6 heteroatoms. The first-order valence-corrected chi connectivity index (χ1v) is 6.34. The second-order valence-electron chi connectivity index (χ2n) is 4.27. The third-order valence-corrected chi connectivity index (χ3v) is 3.20. The van der Waals surface area contributed by atoms with Gasteiger partial charge in [-0.15, -0.1) is 0 Å². The van der Waals surface area contributed by atoms with Crippen LogP contribution in [0.25, 0.3) is 11.1 Å². The minimum Gasteiger partial charge on any atom is -0.357 e. The maximum absolute atomic E-state index is 5.68. The van der Waals surface area contributed by atoms with Crippen molar-refractivity contribution in [3.05, 3.63) is 30.1 Å². The number of aromatic nitrogens is 4. The van der Waals surface area contributed by atoms with Gasteiger partial charge in [0.05, 0.1) is 6.20 Å². The first-order chi connectivity index (χ1) is 8.83. The number of halogens is 1. The molecule has 2 aromatic heterocycles. The van der Waals surface area contributed by atoms with E-state index in [1.807, 2.05) is 10.9 Å². The molecule has 1 atom stereocenters. The van der Waals surface area contributed by atoms with E-state index in [9.17, 15) is 0 Å². The fraction of sp³-hybridized carbons (Fsp3) is 0.417. The molecule has 1 aliphatic heterocycles. The summed E-state index contributed by atoms with van der Waals surface area (Å²) < 4.78 is 7.54. The molecule has 0 aromatic carbocycles. The zero-order chi connectivity index (χ0) is 12.4. The first-order valence-electron chi connectivity index (χ1n) is 5.96. The molecule has 1 fully saturated rings. The Kier molecular flexibility index (Phi) is 3.25. The Bertz CT molecular complexity index is 519. The second-order valence-corrected chi connectivity index (χ2v) is 4.61. The highest BCUT2D eigenvalue weighted by atomic mass is 35.5. The average molecular weight is 265 g/mol. The van der Waals surface area contributed by atoms with Crippen molar-refractivity contribution in [2.75, 3.05) is 6.61 Å². The van der Waals surface area contributed by atoms with E-state index in [0.29, 0.717) is 0 Å². The molecular formula is C12H13ClN4O. The van der Waals surface area contributed by atoms with E-state index in [4.69, 9.17) is 16.3 Å². The fourth-order valence-electron chi connectivity index (χ4n) is 2.04. The summed E-state index contributed by atoms with van der Waals surface area (Å²) in [6.45, 7) is 0.809. The lowest BCUT2D eigenvalue weighted by atomic mass is 10.2. The lowest BCUT2D eigenvalue weighted by Gasteiger charge is -2.22. The molecule has 0 bridgehead atoms. The van der Waals surface area contributed by atoms with Gasteiger partial charge in [-0.05, 0) is 30.9 Å². The minimum atomic E-state index is 0.0562. The number of hydrogen-bond acceptors (Lipinski definition) is 4. The molecule has 94 valence electrons. The molecule has 3 rings (SSSR count). The molecule has 5 nitrogen and oxygen atoms in total. The Morgan fingerprint density at radius 1 is 1.17 bits per heavy atom. The molecule has 2 aromatic rings. The number of hydrogen-bond donors (Lipinski definition) is 0. The van der Waals surface area contributed by atoms with E-state index in [2.05, 4.69) is 15.1 Å². The van der Waals surface area contributed by atoms with Crippen LogP contribution in [0.5, 0.6) is 0 Å². The van der Waals surface area contributed by atoms with Crippen LogP contribution in [0.3, 0.4) is 0 Å². The summed E-state index contributed by atoms with van der Waals surface area (Å²) in [6, 6.07) is 0. The molecule has 18 heavy (non-hydrogen) atoms. The third kappa shape index (κ3) is 2.37.